The highest BCUT2D eigenvalue weighted by Gasteiger charge is 2.28. The zero-order chi connectivity index (χ0) is 21.8. The van der Waals surface area contributed by atoms with Gasteiger partial charge in [-0.05, 0) is 57.0 Å². The smallest absolute Gasteiger partial charge is 0.195 e. The number of hydrogen-bond acceptors (Lipinski definition) is 7. The van der Waals surface area contributed by atoms with Gasteiger partial charge >= 0.3 is 0 Å². The highest BCUT2D eigenvalue weighted by atomic mass is 32.2. The lowest BCUT2D eigenvalue weighted by molar-refractivity contribution is 0.129. The second-order valence-electron chi connectivity index (χ2n) is 8.51. The van der Waals surface area contributed by atoms with Gasteiger partial charge in [-0.2, -0.15) is 0 Å². The molecule has 1 atom stereocenters. The summed E-state index contributed by atoms with van der Waals surface area (Å²) < 4.78 is 18.8. The van der Waals surface area contributed by atoms with Crippen LogP contribution in [-0.2, 0) is 11.3 Å². The van der Waals surface area contributed by atoms with Crippen LogP contribution in [0.2, 0.25) is 0 Å². The van der Waals surface area contributed by atoms with Gasteiger partial charge in [0.1, 0.15) is 11.6 Å². The lowest BCUT2D eigenvalue weighted by atomic mass is 9.95. The molecule has 4 heterocycles. The molecule has 2 fully saturated rings. The predicted molar refractivity (Wildman–Crippen MR) is 124 cm³/mol. The summed E-state index contributed by atoms with van der Waals surface area (Å²) in [4.78, 5) is 2.49. The zero-order valence-electron chi connectivity index (χ0n) is 18.5. The van der Waals surface area contributed by atoms with E-state index in [1.807, 2.05) is 24.5 Å². The summed E-state index contributed by atoms with van der Waals surface area (Å²) in [7, 11) is 1.70. The van der Waals surface area contributed by atoms with E-state index in [1.165, 1.54) is 5.56 Å². The number of furan rings is 1. The molecule has 3 aromatic rings. The van der Waals surface area contributed by atoms with Gasteiger partial charge in [-0.15, -0.1) is 10.2 Å². The Morgan fingerprint density at radius 3 is 2.81 bits per heavy atom. The summed E-state index contributed by atoms with van der Waals surface area (Å²) >= 11 is 1.74. The third-order valence-electron chi connectivity index (χ3n) is 6.33. The van der Waals surface area contributed by atoms with Crippen LogP contribution in [0.1, 0.15) is 43.0 Å². The first kappa shape index (κ1) is 21.6. The third kappa shape index (κ3) is 4.87. The van der Waals surface area contributed by atoms with Crippen molar-refractivity contribution in [2.75, 3.05) is 32.6 Å². The van der Waals surface area contributed by atoms with Gasteiger partial charge in [0.25, 0.3) is 0 Å². The van der Waals surface area contributed by atoms with Gasteiger partial charge in [0.2, 0.25) is 0 Å². The third-order valence-corrected chi connectivity index (χ3v) is 7.39. The highest BCUT2D eigenvalue weighted by Crippen LogP contribution is 2.34. The Bertz CT molecular complexity index is 993. The van der Waals surface area contributed by atoms with Crippen LogP contribution in [0.25, 0.3) is 5.69 Å². The maximum Gasteiger partial charge on any atom is 0.195 e. The van der Waals surface area contributed by atoms with Crippen LogP contribution in [0, 0.1) is 0 Å². The monoisotopic (exact) mass is 454 g/mol. The largest absolute Gasteiger partial charge is 0.497 e. The minimum atomic E-state index is 0.310. The van der Waals surface area contributed by atoms with E-state index in [-0.39, 0.29) is 0 Å². The number of hydrogen-bond donors (Lipinski definition) is 0. The van der Waals surface area contributed by atoms with Crippen LogP contribution in [0.3, 0.4) is 0 Å². The Morgan fingerprint density at radius 2 is 2.06 bits per heavy atom. The fraction of sp³-hybridized carbons (Fsp3) is 0.500. The summed E-state index contributed by atoms with van der Waals surface area (Å²) in [5.74, 6) is 3.18. The van der Waals surface area contributed by atoms with E-state index in [0.29, 0.717) is 12.0 Å². The molecule has 1 unspecified atom stereocenters. The first-order valence-corrected chi connectivity index (χ1v) is 12.4. The molecular weight excluding hydrogens is 424 g/mol. The van der Waals surface area contributed by atoms with E-state index in [2.05, 4.69) is 26.7 Å². The first-order chi connectivity index (χ1) is 15.8. The van der Waals surface area contributed by atoms with Gasteiger partial charge in [-0.1, -0.05) is 17.8 Å². The van der Waals surface area contributed by atoms with Crippen molar-refractivity contribution in [3.63, 3.8) is 0 Å². The van der Waals surface area contributed by atoms with E-state index < -0.39 is 0 Å². The van der Waals surface area contributed by atoms with E-state index >= 15 is 0 Å². The maximum absolute atomic E-state index is 5.82. The van der Waals surface area contributed by atoms with Gasteiger partial charge in [0.15, 0.2) is 5.16 Å². The van der Waals surface area contributed by atoms with Crippen LogP contribution >= 0.6 is 11.8 Å². The van der Waals surface area contributed by atoms with Crippen molar-refractivity contribution in [3.8, 4) is 11.4 Å². The van der Waals surface area contributed by atoms with Crippen LogP contribution in [0.4, 0.5) is 0 Å². The number of aromatic nitrogens is 3. The van der Waals surface area contributed by atoms with E-state index in [0.717, 1.165) is 80.1 Å². The molecule has 0 aliphatic carbocycles. The van der Waals surface area contributed by atoms with Crippen LogP contribution in [0.15, 0.2) is 52.4 Å². The fourth-order valence-electron chi connectivity index (χ4n) is 4.56. The van der Waals surface area contributed by atoms with Gasteiger partial charge in [0.05, 0.1) is 31.4 Å². The summed E-state index contributed by atoms with van der Waals surface area (Å²) in [6, 6.07) is 10.2. The number of nitrogens with zero attached hydrogens (tertiary/aromatic N) is 4. The average molecular weight is 455 g/mol. The minimum absolute atomic E-state index is 0.310. The van der Waals surface area contributed by atoms with Crippen molar-refractivity contribution in [3.05, 3.63) is 54.2 Å². The van der Waals surface area contributed by atoms with E-state index in [1.54, 1.807) is 25.1 Å². The molecule has 0 bridgehead atoms. The second kappa shape index (κ2) is 10.1. The molecule has 5 rings (SSSR count). The number of benzene rings is 1. The van der Waals surface area contributed by atoms with E-state index in [4.69, 9.17) is 19.0 Å². The molecule has 0 radical (unpaired) electrons. The van der Waals surface area contributed by atoms with Crippen LogP contribution in [-0.4, -0.2) is 58.3 Å². The molecule has 32 heavy (non-hydrogen) atoms. The molecule has 2 saturated heterocycles. The Kier molecular flexibility index (Phi) is 6.80. The zero-order valence-corrected chi connectivity index (χ0v) is 19.3. The number of rotatable bonds is 8. The van der Waals surface area contributed by atoms with Gasteiger partial charge in [-0.25, -0.2) is 0 Å². The average Bonchev–Trinajstić information content (AvgIpc) is 3.60. The SMILES string of the molecule is COc1cccc(-n2c(SCC3CCCO3)nnc2C2CCN(Cc3ccoc3)CC2)c1. The number of thioether (sulfide) groups is 1. The maximum atomic E-state index is 5.82. The normalized spacial score (nSPS) is 20.1. The Balaban J connectivity index is 1.35. The molecular formula is C24H30N4O3S. The summed E-state index contributed by atoms with van der Waals surface area (Å²) in [5.41, 5.74) is 2.29. The van der Waals surface area contributed by atoms with Crippen molar-refractivity contribution >= 4 is 11.8 Å². The van der Waals surface area contributed by atoms with Crippen molar-refractivity contribution < 1.29 is 13.9 Å². The number of likely N-dealkylation sites (tertiary alicyclic amines) is 1. The first-order valence-electron chi connectivity index (χ1n) is 11.4. The van der Waals surface area contributed by atoms with Crippen molar-refractivity contribution in [2.24, 2.45) is 0 Å². The molecule has 0 amide bonds. The van der Waals surface area contributed by atoms with Gasteiger partial charge in [0, 0.05) is 36.5 Å². The van der Waals surface area contributed by atoms with Crippen LogP contribution < -0.4 is 4.74 Å². The van der Waals surface area contributed by atoms with Gasteiger partial charge < -0.3 is 13.9 Å². The lowest BCUT2D eigenvalue weighted by Crippen LogP contribution is -2.33. The number of methoxy groups -OCH3 is 1. The van der Waals surface area contributed by atoms with E-state index in [9.17, 15) is 0 Å². The topological polar surface area (TPSA) is 65.6 Å². The Hall–Kier alpha value is -2.29. The summed E-state index contributed by atoms with van der Waals surface area (Å²) in [6.07, 6.45) is 8.30. The van der Waals surface area contributed by atoms with Gasteiger partial charge in [-0.3, -0.25) is 9.47 Å². The Labute approximate surface area is 193 Å². The fourth-order valence-corrected chi connectivity index (χ4v) is 5.59. The molecule has 2 aromatic heterocycles. The quantitative estimate of drug-likeness (QED) is 0.464. The molecule has 0 N–H and O–H groups in total. The highest BCUT2D eigenvalue weighted by molar-refractivity contribution is 7.99. The van der Waals surface area contributed by atoms with Crippen molar-refractivity contribution in [1.82, 2.24) is 19.7 Å². The molecule has 2 aliphatic heterocycles. The predicted octanol–water partition coefficient (Wildman–Crippen LogP) is 4.52. The molecule has 2 aliphatic rings. The molecule has 1 aromatic carbocycles. The van der Waals surface area contributed by atoms with Crippen LogP contribution in [0.5, 0.6) is 5.75 Å². The molecule has 8 heteroatoms. The second-order valence-corrected chi connectivity index (χ2v) is 9.49. The molecule has 7 nitrogen and oxygen atoms in total. The molecule has 0 spiro atoms. The minimum Gasteiger partial charge on any atom is -0.497 e. The van der Waals surface area contributed by atoms with Crippen molar-refractivity contribution in [1.29, 1.82) is 0 Å². The van der Waals surface area contributed by atoms with Crippen molar-refractivity contribution in [2.45, 2.75) is 49.4 Å². The number of piperidine rings is 1. The summed E-state index contributed by atoms with van der Waals surface area (Å²) in [6.45, 7) is 3.89. The summed E-state index contributed by atoms with van der Waals surface area (Å²) in [5, 5.41) is 10.2. The standard InChI is InChI=1S/C24H30N4O3S/c1-29-21-5-2-4-20(14-21)28-23(25-26-24(28)32-17-22-6-3-12-31-22)19-7-10-27(11-8-19)15-18-9-13-30-16-18/h2,4-5,9,13-14,16,19,22H,3,6-8,10-12,15,17H2,1H3. The molecule has 0 saturated carbocycles. The molecule has 170 valence electrons. The number of ether oxygens (including phenoxy) is 2. The Morgan fingerprint density at radius 1 is 1.16 bits per heavy atom. The lowest BCUT2D eigenvalue weighted by Gasteiger charge is -2.31.